The molecule has 0 spiro atoms. The van der Waals surface area contributed by atoms with E-state index in [1.54, 1.807) is 14.2 Å². The van der Waals surface area contributed by atoms with Gasteiger partial charge in [-0.2, -0.15) is 39.5 Å². The maximum Gasteiger partial charge on any atom is 0.435 e. The molecule has 7 nitrogen and oxygen atoms in total. The highest BCUT2D eigenvalue weighted by Crippen LogP contribution is 2.62. The number of benzene rings is 1. The summed E-state index contributed by atoms with van der Waals surface area (Å²) in [5.41, 5.74) is -3.94. The lowest BCUT2D eigenvalue weighted by atomic mass is 9.55. The summed E-state index contributed by atoms with van der Waals surface area (Å²) in [6.45, 7) is 5.12. The summed E-state index contributed by atoms with van der Waals surface area (Å²) in [7, 11) is 7.28. The van der Waals surface area contributed by atoms with Crippen molar-refractivity contribution in [3.8, 4) is 5.75 Å². The third kappa shape index (κ3) is 13.5. The van der Waals surface area contributed by atoms with Gasteiger partial charge in [-0.15, -0.1) is 0 Å². The van der Waals surface area contributed by atoms with E-state index in [4.69, 9.17) is 18.9 Å². The Bertz CT molecular complexity index is 1400. The average Bonchev–Trinajstić information content (AvgIpc) is 3.51. The van der Waals surface area contributed by atoms with E-state index >= 15 is 0 Å². The van der Waals surface area contributed by atoms with Crippen LogP contribution in [0.3, 0.4) is 0 Å². The number of alkyl halides is 9. The van der Waals surface area contributed by atoms with Gasteiger partial charge < -0.3 is 29.0 Å². The highest BCUT2D eigenvalue weighted by Gasteiger charge is 2.85. The molecule has 346 valence electrons. The topological polar surface area (TPSA) is 70.5 Å². The molecule has 18 heteroatoms. The Morgan fingerprint density at radius 1 is 0.833 bits per heavy atom. The molecule has 5 unspecified atom stereocenters. The van der Waals surface area contributed by atoms with Gasteiger partial charge in [0.15, 0.2) is 0 Å². The van der Waals surface area contributed by atoms with Crippen LogP contribution in [0.1, 0.15) is 94.6 Å². The molecule has 1 aromatic rings. The van der Waals surface area contributed by atoms with E-state index in [2.05, 4.69) is 34.1 Å². The van der Waals surface area contributed by atoms with Crippen LogP contribution in [0.4, 0.5) is 39.5 Å². The SMILES string of the molecule is COCC(CCCCNCCCSSCCCN=CCOc1ccc2c(c1)CCC1C2CCC2(C)C(OCCCOC(C(F)(F)F)(C(F)(F)F)C(F)(F)F)CCC12)COC. The van der Waals surface area contributed by atoms with Crippen LogP contribution in [0.25, 0.3) is 0 Å². The number of ether oxygens (including phenoxy) is 5. The maximum absolute atomic E-state index is 13.2. The zero-order valence-electron chi connectivity index (χ0n) is 35.0. The summed E-state index contributed by atoms with van der Waals surface area (Å²) in [5, 5.41) is 3.54. The Morgan fingerprint density at radius 3 is 2.20 bits per heavy atom. The third-order valence-electron chi connectivity index (χ3n) is 12.4. The molecule has 60 heavy (non-hydrogen) atoms. The predicted octanol–water partition coefficient (Wildman–Crippen LogP) is 11.0. The number of hydrogen-bond acceptors (Lipinski definition) is 9. The number of aryl methyl sites for hydroxylation is 1. The molecular weight excluding hydrogens is 848 g/mol. The lowest BCUT2D eigenvalue weighted by Crippen LogP contribution is -2.67. The van der Waals surface area contributed by atoms with Crippen molar-refractivity contribution in [2.75, 3.05) is 78.4 Å². The van der Waals surface area contributed by atoms with Gasteiger partial charge in [0.25, 0.3) is 0 Å². The summed E-state index contributed by atoms with van der Waals surface area (Å²) in [5.74, 6) is 4.49. The van der Waals surface area contributed by atoms with Crippen molar-refractivity contribution in [3.63, 3.8) is 0 Å². The van der Waals surface area contributed by atoms with Crippen LogP contribution >= 0.6 is 21.6 Å². The molecule has 0 radical (unpaired) electrons. The zero-order chi connectivity index (χ0) is 43.9. The standard InChI is InChI=1S/C42H63F9N2O5S2/c1-38-17-16-34-33-13-11-32(56-24-21-53-20-7-26-60-59-25-6-19-52-18-5-4-9-30(28-54-2)29-55-3)27-31(33)10-12-35(34)36(38)14-15-37(38)57-22-8-23-58-39(40(43,44)45,41(46,47)48)42(49,50)51/h11,13,21,27,30,34-37,52H,4-10,12,14-20,22-26,28-29H2,1-3H3. The largest absolute Gasteiger partial charge is 0.488 e. The second-order valence-corrected chi connectivity index (χ2v) is 19.1. The number of aliphatic imine (C=N–C) groups is 1. The van der Waals surface area contributed by atoms with Crippen molar-refractivity contribution in [1.29, 1.82) is 0 Å². The monoisotopic (exact) mass is 910 g/mol. The average molecular weight is 911 g/mol. The first kappa shape index (κ1) is 51.2. The Kier molecular flexibility index (Phi) is 20.5. The number of unbranched alkanes of at least 4 members (excludes halogenated alkanes) is 1. The first-order valence-electron chi connectivity index (χ1n) is 21.1. The Hall–Kier alpha value is -1.44. The van der Waals surface area contributed by atoms with Gasteiger partial charge in [-0.25, -0.2) is 0 Å². The molecule has 2 saturated carbocycles. The summed E-state index contributed by atoms with van der Waals surface area (Å²) < 4.78 is 145. The molecular formula is C42H63F9N2O5S2. The van der Waals surface area contributed by atoms with Crippen LogP contribution in [0.5, 0.6) is 5.75 Å². The van der Waals surface area contributed by atoms with Crippen molar-refractivity contribution in [3.05, 3.63) is 29.3 Å². The number of fused-ring (bicyclic) bond motifs is 5. The van der Waals surface area contributed by atoms with Crippen molar-refractivity contribution < 1.29 is 63.2 Å². The van der Waals surface area contributed by atoms with Crippen molar-refractivity contribution in [2.24, 2.45) is 28.2 Å². The van der Waals surface area contributed by atoms with Gasteiger partial charge in [-0.05, 0) is 130 Å². The third-order valence-corrected chi connectivity index (χ3v) is 15.0. The molecule has 0 bridgehead atoms. The van der Waals surface area contributed by atoms with E-state index in [1.165, 1.54) is 24.0 Å². The summed E-state index contributed by atoms with van der Waals surface area (Å²) in [4.78, 5) is 4.51. The predicted molar refractivity (Wildman–Crippen MR) is 219 cm³/mol. The molecule has 4 rings (SSSR count). The number of halogens is 9. The summed E-state index contributed by atoms with van der Waals surface area (Å²) >= 11 is 0. The van der Waals surface area contributed by atoms with Crippen molar-refractivity contribution in [1.82, 2.24) is 5.32 Å². The minimum Gasteiger partial charge on any atom is -0.488 e. The van der Waals surface area contributed by atoms with Gasteiger partial charge in [0, 0.05) is 51.0 Å². The van der Waals surface area contributed by atoms with E-state index in [-0.39, 0.29) is 18.1 Å². The molecule has 3 aliphatic carbocycles. The fourth-order valence-corrected chi connectivity index (χ4v) is 11.6. The second-order valence-electron chi connectivity index (χ2n) is 16.4. The number of rotatable bonds is 27. The van der Waals surface area contributed by atoms with E-state index in [9.17, 15) is 39.5 Å². The van der Waals surface area contributed by atoms with Gasteiger partial charge in [0.05, 0.1) is 25.9 Å². The normalized spacial score (nSPS) is 23.6. The minimum atomic E-state index is -6.74. The molecule has 3 aliphatic rings. The van der Waals surface area contributed by atoms with Crippen LogP contribution in [0.2, 0.25) is 0 Å². The summed E-state index contributed by atoms with van der Waals surface area (Å²) in [6, 6.07) is 6.28. The van der Waals surface area contributed by atoms with E-state index < -0.39 is 37.2 Å². The highest BCUT2D eigenvalue weighted by molar-refractivity contribution is 8.76. The van der Waals surface area contributed by atoms with Crippen molar-refractivity contribution in [2.45, 2.75) is 120 Å². The van der Waals surface area contributed by atoms with Gasteiger partial charge in [-0.1, -0.05) is 41.0 Å². The zero-order valence-corrected chi connectivity index (χ0v) is 36.6. The molecule has 0 amide bonds. The first-order chi connectivity index (χ1) is 28.5. The fourth-order valence-electron chi connectivity index (χ4n) is 9.47. The fraction of sp³-hybridized carbons (Fsp3) is 0.833. The lowest BCUT2D eigenvalue weighted by Gasteiger charge is -2.50. The number of nitrogens with zero attached hydrogens (tertiary/aromatic N) is 1. The smallest absolute Gasteiger partial charge is 0.435 e. The molecule has 0 aromatic heterocycles. The number of methoxy groups -OCH3 is 2. The van der Waals surface area contributed by atoms with Crippen molar-refractivity contribution >= 4 is 27.8 Å². The van der Waals surface area contributed by atoms with E-state index in [1.807, 2.05) is 33.9 Å². The molecule has 0 saturated heterocycles. The second kappa shape index (κ2) is 24.0. The molecule has 2 fully saturated rings. The van der Waals surface area contributed by atoms with Crippen LogP contribution < -0.4 is 10.1 Å². The van der Waals surface area contributed by atoms with Gasteiger partial charge in [0.1, 0.15) is 12.4 Å². The van der Waals surface area contributed by atoms with Gasteiger partial charge in [-0.3, -0.25) is 4.99 Å². The van der Waals surface area contributed by atoms with E-state index in [0.29, 0.717) is 36.7 Å². The first-order valence-corrected chi connectivity index (χ1v) is 23.6. The van der Waals surface area contributed by atoms with Crippen LogP contribution in [0.15, 0.2) is 23.2 Å². The Morgan fingerprint density at radius 2 is 1.52 bits per heavy atom. The van der Waals surface area contributed by atoms with Crippen LogP contribution in [0, 0.1) is 23.2 Å². The quantitative estimate of drug-likeness (QED) is 0.0405. The number of hydrogen-bond donors (Lipinski definition) is 1. The van der Waals surface area contributed by atoms with E-state index in [0.717, 1.165) is 101 Å². The van der Waals surface area contributed by atoms with Crippen LogP contribution in [-0.4, -0.2) is 115 Å². The minimum absolute atomic E-state index is 0.259. The molecule has 5 atom stereocenters. The highest BCUT2D eigenvalue weighted by atomic mass is 33.1. The summed E-state index contributed by atoms with van der Waals surface area (Å²) in [6.07, 6.45) is -8.55. The number of nitrogens with one attached hydrogen (secondary N) is 1. The Labute approximate surface area is 357 Å². The van der Waals surface area contributed by atoms with Gasteiger partial charge in [0.2, 0.25) is 0 Å². The van der Waals surface area contributed by atoms with Gasteiger partial charge >= 0.3 is 24.1 Å². The van der Waals surface area contributed by atoms with Crippen LogP contribution in [-0.2, 0) is 25.4 Å². The lowest BCUT2D eigenvalue weighted by molar-refractivity contribution is -0.457. The molecule has 1 aromatic carbocycles. The molecule has 0 aliphatic heterocycles. The maximum atomic E-state index is 13.2. The molecule has 0 heterocycles. The Balaban J connectivity index is 1.09. The molecule has 1 N–H and O–H groups in total.